The maximum Gasteiger partial charge on any atom is 0.119 e. The maximum absolute atomic E-state index is 5.19. The van der Waals surface area contributed by atoms with E-state index in [0.717, 1.165) is 36.0 Å². The summed E-state index contributed by atoms with van der Waals surface area (Å²) in [7, 11) is 3.34. The first-order valence-corrected chi connectivity index (χ1v) is 6.88. The van der Waals surface area contributed by atoms with Crippen LogP contribution in [0.25, 0.3) is 0 Å². The number of nitrogens with zero attached hydrogens (tertiary/aromatic N) is 2. The number of benzene rings is 2. The van der Waals surface area contributed by atoms with Gasteiger partial charge in [-0.2, -0.15) is 12.7 Å². The SMILES string of the molecule is COc1c[c-]c(N2[CH-]N(c3ccc(OC)cc3)CC2)cc1.[Lr]. The molecule has 1 fully saturated rings. The number of ether oxygens (including phenoxy) is 2. The van der Waals surface area contributed by atoms with Crippen LogP contribution >= 0.6 is 0 Å². The molecule has 1 aliphatic rings. The van der Waals surface area contributed by atoms with Crippen molar-refractivity contribution < 1.29 is 9.47 Å². The minimum atomic E-state index is 0. The van der Waals surface area contributed by atoms with Crippen molar-refractivity contribution in [2.24, 2.45) is 0 Å². The molecule has 1 aliphatic heterocycles. The molecule has 22 heavy (non-hydrogen) atoms. The van der Waals surface area contributed by atoms with Crippen molar-refractivity contribution in [2.75, 3.05) is 37.1 Å². The van der Waals surface area contributed by atoms with Gasteiger partial charge in [0, 0.05) is 24.5 Å². The molecule has 2 aromatic rings. The second kappa shape index (κ2) is 6.39. The van der Waals surface area contributed by atoms with Gasteiger partial charge in [0.2, 0.25) is 0 Å². The summed E-state index contributed by atoms with van der Waals surface area (Å²) in [5.41, 5.74) is 2.21. The normalized spacial score (nSPS) is 13.7. The summed E-state index contributed by atoms with van der Waals surface area (Å²) in [6.45, 7) is 4.00. The minimum absolute atomic E-state index is 0. The smallest absolute Gasteiger partial charge is 0.119 e. The predicted octanol–water partition coefficient (Wildman–Crippen LogP) is 2.95. The Bertz CT molecular complexity index is 533. The van der Waals surface area contributed by atoms with Crippen LogP contribution in [0.2, 0.25) is 0 Å². The first-order valence-electron chi connectivity index (χ1n) is 6.88. The van der Waals surface area contributed by atoms with Gasteiger partial charge in [-0.1, -0.05) is 0 Å². The van der Waals surface area contributed by atoms with Crippen LogP contribution in [0.15, 0.2) is 42.5 Å². The van der Waals surface area contributed by atoms with E-state index in [-0.39, 0.29) is 0 Å². The van der Waals surface area contributed by atoms with E-state index in [1.807, 2.05) is 30.3 Å². The van der Waals surface area contributed by atoms with Gasteiger partial charge in [0.05, 0.1) is 14.2 Å². The van der Waals surface area contributed by atoms with E-state index >= 15 is 0 Å². The van der Waals surface area contributed by atoms with Crippen molar-refractivity contribution in [1.82, 2.24) is 0 Å². The maximum atomic E-state index is 5.19. The van der Waals surface area contributed by atoms with Crippen molar-refractivity contribution in [1.29, 1.82) is 0 Å². The van der Waals surface area contributed by atoms with Crippen LogP contribution in [0.3, 0.4) is 0 Å². The molecule has 0 amide bonds. The first kappa shape index (κ1) is 15.0. The molecule has 1 saturated heterocycles. The molecule has 2 aromatic carbocycles. The molecule has 1 radical (unpaired) electrons. The van der Waals surface area contributed by atoms with E-state index in [1.54, 1.807) is 14.2 Å². The van der Waals surface area contributed by atoms with Crippen LogP contribution in [0.5, 0.6) is 11.5 Å². The molecule has 4 nitrogen and oxygen atoms in total. The summed E-state index contributed by atoms with van der Waals surface area (Å²) in [5, 5.41) is 0. The molecular formula is C17H18LrN2O2-2. The van der Waals surface area contributed by atoms with Crippen molar-refractivity contribution in [3.63, 3.8) is 0 Å². The second-order valence-corrected chi connectivity index (χ2v) is 4.81. The Morgan fingerprint density at radius 1 is 0.909 bits per heavy atom. The zero-order valence-electron chi connectivity index (χ0n) is 12.5. The monoisotopic (exact) mass is 544 g/mol. The Morgan fingerprint density at radius 3 is 2.14 bits per heavy atom. The van der Waals surface area contributed by atoms with Crippen molar-refractivity contribution in [2.45, 2.75) is 0 Å². The Labute approximate surface area is 125 Å². The Hall–Kier alpha value is -3.36. The third-order valence-electron chi connectivity index (χ3n) is 3.58. The number of hydrogen-bond acceptors (Lipinski definition) is 4. The molecule has 0 unspecified atom stereocenters. The largest absolute Gasteiger partial charge is 0.554 e. The van der Waals surface area contributed by atoms with E-state index in [4.69, 9.17) is 9.47 Å². The summed E-state index contributed by atoms with van der Waals surface area (Å²) < 4.78 is 10.3. The number of rotatable bonds is 4. The average Bonchev–Trinajstić information content (AvgIpc) is 3.05. The molecule has 0 aromatic heterocycles. The summed E-state index contributed by atoms with van der Waals surface area (Å²) in [4.78, 5) is 4.40. The zero-order valence-corrected chi connectivity index (χ0v) is 14.7. The van der Waals surface area contributed by atoms with Crippen molar-refractivity contribution >= 4 is 11.4 Å². The topological polar surface area (TPSA) is 24.9 Å². The Balaban J connectivity index is 0.00000176. The van der Waals surface area contributed by atoms with Gasteiger partial charge in [-0.15, -0.1) is 23.9 Å². The molecule has 0 spiro atoms. The van der Waals surface area contributed by atoms with E-state index in [0.29, 0.717) is 0 Å². The van der Waals surface area contributed by atoms with Gasteiger partial charge in [-0.25, -0.2) is 0 Å². The molecule has 0 saturated carbocycles. The van der Waals surface area contributed by atoms with Gasteiger partial charge in [-0.3, -0.25) is 0 Å². The van der Waals surface area contributed by atoms with Crippen LogP contribution in [0.4, 0.5) is 11.4 Å². The van der Waals surface area contributed by atoms with Crippen molar-refractivity contribution in [3.05, 3.63) is 55.2 Å². The van der Waals surface area contributed by atoms with E-state index < -0.39 is 0 Å². The van der Waals surface area contributed by atoms with Crippen molar-refractivity contribution in [3.8, 4) is 11.5 Å². The van der Waals surface area contributed by atoms with E-state index in [1.165, 1.54) is 0 Å². The van der Waals surface area contributed by atoms with Gasteiger partial charge in [0.25, 0.3) is 0 Å². The quantitative estimate of drug-likeness (QED) is 0.554. The van der Waals surface area contributed by atoms with Crippen LogP contribution < -0.4 is 19.3 Å². The fraction of sp³-hybridized carbons (Fsp3) is 0.235. The molecule has 5 heteroatoms. The Morgan fingerprint density at radius 2 is 1.55 bits per heavy atom. The van der Waals surface area contributed by atoms with Gasteiger partial charge in [0.15, 0.2) is 0 Å². The molecule has 3 rings (SSSR count). The van der Waals surface area contributed by atoms with Crippen LogP contribution in [-0.4, -0.2) is 27.3 Å². The van der Waals surface area contributed by atoms with Gasteiger partial charge < -0.3 is 19.3 Å². The van der Waals surface area contributed by atoms with Gasteiger partial charge >= 0.3 is 0 Å². The molecule has 0 N–H and O–H groups in total. The van der Waals surface area contributed by atoms with Crippen LogP contribution in [-0.2, 0) is 0 Å². The van der Waals surface area contributed by atoms with Crippen LogP contribution in [0.1, 0.15) is 0 Å². The third kappa shape index (κ3) is 2.87. The van der Waals surface area contributed by atoms with E-state index in [2.05, 4.69) is 34.7 Å². The molecule has 0 bridgehead atoms. The first-order chi connectivity index (χ1) is 10.3. The summed E-state index contributed by atoms with van der Waals surface area (Å²) in [5.74, 6) is 1.70. The molecule has 0 atom stereocenters. The number of anilines is 2. The average molecular weight is 544 g/mol. The second-order valence-electron chi connectivity index (χ2n) is 4.81. The van der Waals surface area contributed by atoms with Crippen LogP contribution in [0, 0.1) is 12.7 Å². The number of methoxy groups -OCH3 is 2. The van der Waals surface area contributed by atoms with Gasteiger partial charge in [-0.05, 0) is 24.3 Å². The fourth-order valence-corrected chi connectivity index (χ4v) is 2.36. The summed E-state index contributed by atoms with van der Waals surface area (Å²) >= 11 is 0. The number of hydrogen-bond donors (Lipinski definition) is 0. The third-order valence-corrected chi connectivity index (χ3v) is 3.58. The molecule has 1 heterocycles. The van der Waals surface area contributed by atoms with Gasteiger partial charge in [0.1, 0.15) is 5.75 Å². The zero-order chi connectivity index (χ0) is 14.7. The predicted molar refractivity (Wildman–Crippen MR) is 83.8 cm³/mol. The molecule has 125 valence electrons. The fourth-order valence-electron chi connectivity index (χ4n) is 2.36. The Kier molecular flexibility index (Phi) is 4.37. The standard InChI is InChI=1S/C17H18N2O2.Lr/c1-20-16-7-3-14(4-8-16)18-11-12-19(13-18)15-5-9-17(21-2)10-6-15;/h3-5,7-10,13H,11-12H2,1-2H3;/q-2;. The molecule has 0 aliphatic carbocycles. The minimum Gasteiger partial charge on any atom is -0.554 e. The van der Waals surface area contributed by atoms with E-state index in [9.17, 15) is 0 Å². The molecular weight excluding hydrogens is 526 g/mol. The summed E-state index contributed by atoms with van der Waals surface area (Å²) in [6, 6.07) is 17.2. The summed E-state index contributed by atoms with van der Waals surface area (Å²) in [6.07, 6.45) is 0.